The first-order chi connectivity index (χ1) is 7.29. The van der Waals surface area contributed by atoms with E-state index in [0.29, 0.717) is 6.04 Å². The molecule has 0 bridgehead atoms. The summed E-state index contributed by atoms with van der Waals surface area (Å²) in [4.78, 5) is 6.68. The maximum atomic E-state index is 5.74. The first-order valence-corrected chi connectivity index (χ1v) is 6.13. The lowest BCUT2D eigenvalue weighted by molar-refractivity contribution is 0.250. The molecule has 0 aromatic carbocycles. The lowest BCUT2D eigenvalue weighted by Gasteiger charge is -2.22. The number of likely N-dealkylation sites (tertiary alicyclic amines) is 1. The summed E-state index contributed by atoms with van der Waals surface area (Å²) in [5.41, 5.74) is 7.00. The fraction of sp³-hybridized carbons (Fsp3) is 0.545. The van der Waals surface area contributed by atoms with Crippen LogP contribution in [0.3, 0.4) is 0 Å². The molecule has 15 heavy (non-hydrogen) atoms. The van der Waals surface area contributed by atoms with E-state index in [9.17, 15) is 0 Å². The Morgan fingerprint density at radius 3 is 3.07 bits per heavy atom. The zero-order valence-corrected chi connectivity index (χ0v) is 10.3. The second kappa shape index (κ2) is 5.05. The molecule has 0 aliphatic carbocycles. The molecule has 1 fully saturated rings. The van der Waals surface area contributed by atoms with Gasteiger partial charge in [0.1, 0.15) is 4.60 Å². The van der Waals surface area contributed by atoms with Crippen LogP contribution in [-0.4, -0.2) is 29.0 Å². The number of hydrogen-bond acceptors (Lipinski definition) is 3. The third kappa shape index (κ3) is 2.77. The molecule has 0 radical (unpaired) electrons. The van der Waals surface area contributed by atoms with Crippen molar-refractivity contribution in [2.75, 3.05) is 13.1 Å². The van der Waals surface area contributed by atoms with Gasteiger partial charge in [0.2, 0.25) is 0 Å². The largest absolute Gasteiger partial charge is 0.329 e. The lowest BCUT2D eigenvalue weighted by Crippen LogP contribution is -2.34. The average molecular weight is 270 g/mol. The van der Waals surface area contributed by atoms with Crippen molar-refractivity contribution in [3.8, 4) is 0 Å². The highest BCUT2D eigenvalue weighted by atomic mass is 79.9. The Morgan fingerprint density at radius 2 is 2.40 bits per heavy atom. The predicted octanol–water partition coefficient (Wildman–Crippen LogP) is 1.77. The summed E-state index contributed by atoms with van der Waals surface area (Å²) in [6, 6.07) is 4.67. The fourth-order valence-electron chi connectivity index (χ4n) is 2.10. The standard InChI is InChI=1S/C11H16BrN3/c12-11-4-3-9(7-14-11)8-15-5-1-2-10(15)6-13/h3-4,7,10H,1-2,5-6,8,13H2/t10-/m1/s1. The van der Waals surface area contributed by atoms with Gasteiger partial charge in [-0.3, -0.25) is 4.90 Å². The van der Waals surface area contributed by atoms with Crippen molar-refractivity contribution in [1.29, 1.82) is 0 Å². The molecular formula is C11H16BrN3. The van der Waals surface area contributed by atoms with E-state index in [0.717, 1.165) is 24.2 Å². The van der Waals surface area contributed by atoms with E-state index >= 15 is 0 Å². The van der Waals surface area contributed by atoms with Crippen LogP contribution in [0.15, 0.2) is 22.9 Å². The quantitative estimate of drug-likeness (QED) is 0.851. The van der Waals surface area contributed by atoms with E-state index < -0.39 is 0 Å². The molecule has 82 valence electrons. The van der Waals surface area contributed by atoms with Crippen molar-refractivity contribution in [3.05, 3.63) is 28.5 Å². The molecule has 1 atom stereocenters. The van der Waals surface area contributed by atoms with Crippen LogP contribution in [0.5, 0.6) is 0 Å². The van der Waals surface area contributed by atoms with Crippen LogP contribution >= 0.6 is 15.9 Å². The van der Waals surface area contributed by atoms with Crippen LogP contribution in [0.4, 0.5) is 0 Å². The van der Waals surface area contributed by atoms with E-state index in [4.69, 9.17) is 5.73 Å². The van der Waals surface area contributed by atoms with Crippen molar-refractivity contribution in [2.45, 2.75) is 25.4 Å². The Balaban J connectivity index is 1.99. The lowest BCUT2D eigenvalue weighted by atomic mass is 10.2. The third-order valence-electron chi connectivity index (χ3n) is 2.95. The summed E-state index contributed by atoms with van der Waals surface area (Å²) < 4.78 is 0.892. The zero-order valence-electron chi connectivity index (χ0n) is 8.69. The molecule has 2 rings (SSSR count). The number of nitrogens with zero attached hydrogens (tertiary/aromatic N) is 2. The molecule has 0 spiro atoms. The summed E-state index contributed by atoms with van der Waals surface area (Å²) >= 11 is 3.34. The highest BCUT2D eigenvalue weighted by Crippen LogP contribution is 2.19. The third-order valence-corrected chi connectivity index (χ3v) is 3.41. The Kier molecular flexibility index (Phi) is 3.72. The van der Waals surface area contributed by atoms with Gasteiger partial charge in [-0.25, -0.2) is 4.98 Å². The SMILES string of the molecule is NC[C@H]1CCCN1Cc1ccc(Br)nc1. The first kappa shape index (κ1) is 11.0. The van der Waals surface area contributed by atoms with Crippen LogP contribution in [0, 0.1) is 0 Å². The molecule has 2 N–H and O–H groups in total. The molecule has 1 saturated heterocycles. The van der Waals surface area contributed by atoms with Gasteiger partial charge in [-0.2, -0.15) is 0 Å². The van der Waals surface area contributed by atoms with E-state index in [1.165, 1.54) is 18.4 Å². The molecule has 0 amide bonds. The van der Waals surface area contributed by atoms with Crippen LogP contribution in [-0.2, 0) is 6.54 Å². The van der Waals surface area contributed by atoms with Crippen molar-refractivity contribution in [1.82, 2.24) is 9.88 Å². The molecule has 1 aliphatic rings. The first-order valence-electron chi connectivity index (χ1n) is 5.34. The van der Waals surface area contributed by atoms with Gasteiger partial charge in [-0.1, -0.05) is 6.07 Å². The fourth-order valence-corrected chi connectivity index (χ4v) is 2.34. The monoisotopic (exact) mass is 269 g/mol. The van der Waals surface area contributed by atoms with Crippen LogP contribution in [0.25, 0.3) is 0 Å². The van der Waals surface area contributed by atoms with Gasteiger partial charge in [-0.05, 0) is 46.9 Å². The number of nitrogens with two attached hydrogens (primary N) is 1. The Hall–Kier alpha value is -0.450. The Labute approximate surface area is 98.8 Å². The highest BCUT2D eigenvalue weighted by molar-refractivity contribution is 9.10. The maximum absolute atomic E-state index is 5.74. The maximum Gasteiger partial charge on any atom is 0.106 e. The van der Waals surface area contributed by atoms with Crippen molar-refractivity contribution in [3.63, 3.8) is 0 Å². The Morgan fingerprint density at radius 1 is 1.53 bits per heavy atom. The second-order valence-electron chi connectivity index (χ2n) is 3.99. The molecule has 1 aliphatic heterocycles. The van der Waals surface area contributed by atoms with Gasteiger partial charge in [0, 0.05) is 25.3 Å². The zero-order chi connectivity index (χ0) is 10.7. The summed E-state index contributed by atoms with van der Waals surface area (Å²) in [6.45, 7) is 2.91. The predicted molar refractivity (Wildman–Crippen MR) is 64.4 cm³/mol. The van der Waals surface area contributed by atoms with E-state index in [1.807, 2.05) is 12.3 Å². The second-order valence-corrected chi connectivity index (χ2v) is 4.80. The van der Waals surface area contributed by atoms with Crippen LogP contribution < -0.4 is 5.73 Å². The number of aromatic nitrogens is 1. The van der Waals surface area contributed by atoms with Crippen LogP contribution in [0.1, 0.15) is 18.4 Å². The smallest absolute Gasteiger partial charge is 0.106 e. The minimum absolute atomic E-state index is 0.564. The summed E-state index contributed by atoms with van der Waals surface area (Å²) in [5.74, 6) is 0. The van der Waals surface area contributed by atoms with Gasteiger partial charge in [0.05, 0.1) is 0 Å². The van der Waals surface area contributed by atoms with E-state index in [-0.39, 0.29) is 0 Å². The molecule has 4 heteroatoms. The number of pyridine rings is 1. The van der Waals surface area contributed by atoms with E-state index in [2.05, 4.69) is 31.9 Å². The molecule has 2 heterocycles. The molecule has 3 nitrogen and oxygen atoms in total. The number of hydrogen-bond donors (Lipinski definition) is 1. The van der Waals surface area contributed by atoms with Gasteiger partial charge in [0.15, 0.2) is 0 Å². The minimum atomic E-state index is 0.564. The molecule has 0 saturated carbocycles. The van der Waals surface area contributed by atoms with Gasteiger partial charge < -0.3 is 5.73 Å². The molecular weight excluding hydrogens is 254 g/mol. The highest BCUT2D eigenvalue weighted by Gasteiger charge is 2.22. The topological polar surface area (TPSA) is 42.1 Å². The molecule has 0 unspecified atom stereocenters. The summed E-state index contributed by atoms with van der Waals surface area (Å²) in [6.07, 6.45) is 4.43. The van der Waals surface area contributed by atoms with E-state index in [1.54, 1.807) is 0 Å². The minimum Gasteiger partial charge on any atom is -0.329 e. The number of halogens is 1. The summed E-state index contributed by atoms with van der Waals surface area (Å²) in [5, 5.41) is 0. The van der Waals surface area contributed by atoms with Crippen molar-refractivity contribution in [2.24, 2.45) is 5.73 Å². The van der Waals surface area contributed by atoms with Gasteiger partial charge in [-0.15, -0.1) is 0 Å². The molecule has 1 aromatic rings. The normalized spacial score (nSPS) is 22.1. The summed E-state index contributed by atoms with van der Waals surface area (Å²) in [7, 11) is 0. The van der Waals surface area contributed by atoms with Gasteiger partial charge in [0.25, 0.3) is 0 Å². The average Bonchev–Trinajstić information content (AvgIpc) is 2.69. The van der Waals surface area contributed by atoms with Crippen molar-refractivity contribution < 1.29 is 0 Å². The van der Waals surface area contributed by atoms with Crippen LogP contribution in [0.2, 0.25) is 0 Å². The van der Waals surface area contributed by atoms with Crippen molar-refractivity contribution >= 4 is 15.9 Å². The van der Waals surface area contributed by atoms with Gasteiger partial charge >= 0.3 is 0 Å². The molecule has 1 aromatic heterocycles. The Bertz CT molecular complexity index is 312. The number of rotatable bonds is 3.